The summed E-state index contributed by atoms with van der Waals surface area (Å²) in [5, 5.41) is 9.94. The maximum Gasteiger partial charge on any atom is 0.0417 e. The van der Waals surface area contributed by atoms with Crippen molar-refractivity contribution in [2.75, 3.05) is 0 Å². The smallest absolute Gasteiger partial charge is 0.0417 e. The third-order valence-corrected chi connectivity index (χ3v) is 1.41. The lowest BCUT2D eigenvalue weighted by Gasteiger charge is -1.95. The summed E-state index contributed by atoms with van der Waals surface area (Å²) in [6, 6.07) is 0. The van der Waals surface area contributed by atoms with Crippen LogP contribution in [0.3, 0.4) is 0 Å². The van der Waals surface area contributed by atoms with Crippen molar-refractivity contribution >= 4 is 5.97 Å². The van der Waals surface area contributed by atoms with Crippen molar-refractivity contribution < 1.29 is 9.90 Å². The Bertz CT molecular complexity index is 128. The molecule has 0 atom stereocenters. The molecule has 0 rings (SSSR count). The lowest BCUT2D eigenvalue weighted by atomic mass is 10.2. The van der Waals surface area contributed by atoms with Gasteiger partial charge in [-0.05, 0) is 19.3 Å². The summed E-state index contributed by atoms with van der Waals surface area (Å²) in [5.74, 6) is -0.967. The Kier molecular flexibility index (Phi) is 6.79. The summed E-state index contributed by atoms with van der Waals surface area (Å²) in [4.78, 5) is 9.94. The summed E-state index contributed by atoms with van der Waals surface area (Å²) in [5.41, 5.74) is 0. The second-order valence-electron chi connectivity index (χ2n) is 2.52. The normalized spacial score (nSPS) is 10.6. The number of aliphatic carboxylic acids is 1. The molecule has 0 aliphatic carbocycles. The van der Waals surface area contributed by atoms with Gasteiger partial charge >= 0.3 is 0 Å². The Labute approximate surface area is 67.9 Å². The van der Waals surface area contributed by atoms with E-state index in [0.29, 0.717) is 6.42 Å². The molecule has 0 saturated carbocycles. The number of unbranched alkanes of at least 4 members (excludes halogenated alkanes) is 2. The number of rotatable bonds is 6. The predicted molar refractivity (Wildman–Crippen MR) is 42.9 cm³/mol. The highest BCUT2D eigenvalue weighted by Gasteiger charge is 1.82. The lowest BCUT2D eigenvalue weighted by Crippen LogP contribution is -2.21. The minimum absolute atomic E-state index is 0.141. The van der Waals surface area contributed by atoms with Crippen LogP contribution in [0.4, 0.5) is 0 Å². The second kappa shape index (κ2) is 7.32. The molecule has 11 heavy (non-hydrogen) atoms. The van der Waals surface area contributed by atoms with Crippen molar-refractivity contribution in [3.63, 3.8) is 0 Å². The van der Waals surface area contributed by atoms with Crippen LogP contribution in [0.25, 0.3) is 0 Å². The average molecular weight is 155 g/mol. The van der Waals surface area contributed by atoms with Gasteiger partial charge in [0.05, 0.1) is 0 Å². The first-order valence-corrected chi connectivity index (χ1v) is 4.12. The molecule has 0 unspecified atom stereocenters. The molecule has 0 saturated heterocycles. The summed E-state index contributed by atoms with van der Waals surface area (Å²) < 4.78 is 0. The molecule has 0 aromatic heterocycles. The molecule has 2 nitrogen and oxygen atoms in total. The average Bonchev–Trinajstić information content (AvgIpc) is 1.96. The van der Waals surface area contributed by atoms with Crippen LogP contribution in [-0.2, 0) is 4.79 Å². The van der Waals surface area contributed by atoms with E-state index in [-0.39, 0.29) is 6.42 Å². The lowest BCUT2D eigenvalue weighted by molar-refractivity contribution is -0.305. The van der Waals surface area contributed by atoms with E-state index in [2.05, 4.69) is 6.92 Å². The van der Waals surface area contributed by atoms with Crippen LogP contribution < -0.4 is 5.11 Å². The quantitative estimate of drug-likeness (QED) is 0.428. The van der Waals surface area contributed by atoms with E-state index in [1.54, 1.807) is 0 Å². The Hall–Kier alpha value is -0.790. The first-order chi connectivity index (χ1) is 5.27. The van der Waals surface area contributed by atoms with Crippen molar-refractivity contribution in [2.45, 2.75) is 39.0 Å². The van der Waals surface area contributed by atoms with Crippen molar-refractivity contribution in [3.05, 3.63) is 12.2 Å². The van der Waals surface area contributed by atoms with Gasteiger partial charge in [-0.3, -0.25) is 0 Å². The van der Waals surface area contributed by atoms with Crippen molar-refractivity contribution in [3.8, 4) is 0 Å². The number of carbonyl (C=O) groups excluding carboxylic acids is 1. The van der Waals surface area contributed by atoms with Gasteiger partial charge in [0.1, 0.15) is 0 Å². The molecule has 0 aliphatic heterocycles. The molecule has 0 heterocycles. The summed E-state index contributed by atoms with van der Waals surface area (Å²) in [6.07, 6.45) is 8.11. The highest BCUT2D eigenvalue weighted by atomic mass is 16.4. The van der Waals surface area contributed by atoms with E-state index in [4.69, 9.17) is 0 Å². The van der Waals surface area contributed by atoms with Crippen LogP contribution in [0, 0.1) is 0 Å². The molecule has 0 amide bonds. The Balaban J connectivity index is 3.10. The van der Waals surface area contributed by atoms with E-state index in [9.17, 15) is 9.90 Å². The fourth-order valence-electron chi connectivity index (χ4n) is 0.759. The number of carboxylic acids is 1. The minimum atomic E-state index is -0.967. The first kappa shape index (κ1) is 10.2. The second-order valence-corrected chi connectivity index (χ2v) is 2.52. The van der Waals surface area contributed by atoms with Crippen LogP contribution in [0.1, 0.15) is 39.0 Å². The van der Waals surface area contributed by atoms with Crippen LogP contribution in [0.2, 0.25) is 0 Å². The van der Waals surface area contributed by atoms with Gasteiger partial charge in [-0.1, -0.05) is 31.9 Å². The number of hydrogen-bond acceptors (Lipinski definition) is 2. The third kappa shape index (κ3) is 9.21. The van der Waals surface area contributed by atoms with E-state index >= 15 is 0 Å². The van der Waals surface area contributed by atoms with Gasteiger partial charge in [0, 0.05) is 5.97 Å². The third-order valence-electron chi connectivity index (χ3n) is 1.41. The largest absolute Gasteiger partial charge is 0.550 e. The number of carboxylic acid groups (broad SMARTS) is 1. The number of carbonyl (C=O) groups is 1. The SMILES string of the molecule is CCCC/C=C\CCC(=O)[O-]. The van der Waals surface area contributed by atoms with Crippen LogP contribution in [-0.4, -0.2) is 5.97 Å². The highest BCUT2D eigenvalue weighted by molar-refractivity contribution is 5.64. The molecular formula is C9H15O2-. The fourth-order valence-corrected chi connectivity index (χ4v) is 0.759. The molecule has 0 aromatic rings. The summed E-state index contributed by atoms with van der Waals surface area (Å²) in [6.45, 7) is 2.13. The van der Waals surface area contributed by atoms with E-state index in [0.717, 1.165) is 6.42 Å². The Morgan fingerprint density at radius 2 is 2.00 bits per heavy atom. The maximum atomic E-state index is 9.94. The van der Waals surface area contributed by atoms with E-state index < -0.39 is 5.97 Å². The highest BCUT2D eigenvalue weighted by Crippen LogP contribution is 1.97. The van der Waals surface area contributed by atoms with Gasteiger partial charge < -0.3 is 9.90 Å². The van der Waals surface area contributed by atoms with Crippen molar-refractivity contribution in [1.82, 2.24) is 0 Å². The van der Waals surface area contributed by atoms with Crippen LogP contribution in [0.15, 0.2) is 12.2 Å². The zero-order valence-corrected chi connectivity index (χ0v) is 7.01. The van der Waals surface area contributed by atoms with Gasteiger partial charge in [0.15, 0.2) is 0 Å². The zero-order chi connectivity index (χ0) is 8.53. The van der Waals surface area contributed by atoms with Crippen molar-refractivity contribution in [2.24, 2.45) is 0 Å². The molecule has 64 valence electrons. The standard InChI is InChI=1S/C9H16O2/c1-2-3-4-5-6-7-8-9(10)11/h5-6H,2-4,7-8H2,1H3,(H,10,11)/p-1/b6-5-. The van der Waals surface area contributed by atoms with Crippen LogP contribution >= 0.6 is 0 Å². The zero-order valence-electron chi connectivity index (χ0n) is 7.01. The molecule has 0 spiro atoms. The van der Waals surface area contributed by atoms with Crippen molar-refractivity contribution in [1.29, 1.82) is 0 Å². The molecule has 0 fully saturated rings. The molecule has 0 radical (unpaired) electrons. The van der Waals surface area contributed by atoms with Crippen LogP contribution in [0.5, 0.6) is 0 Å². The molecule has 0 N–H and O–H groups in total. The monoisotopic (exact) mass is 155 g/mol. The minimum Gasteiger partial charge on any atom is -0.550 e. The fraction of sp³-hybridized carbons (Fsp3) is 0.667. The van der Waals surface area contributed by atoms with Gasteiger partial charge in [-0.25, -0.2) is 0 Å². The van der Waals surface area contributed by atoms with Gasteiger partial charge in [-0.2, -0.15) is 0 Å². The summed E-state index contributed by atoms with van der Waals surface area (Å²) >= 11 is 0. The number of hydrogen-bond donors (Lipinski definition) is 0. The van der Waals surface area contributed by atoms with E-state index in [1.807, 2.05) is 12.2 Å². The molecular weight excluding hydrogens is 140 g/mol. The summed E-state index contributed by atoms with van der Waals surface area (Å²) in [7, 11) is 0. The molecule has 0 aromatic carbocycles. The predicted octanol–water partition coefficient (Wildman–Crippen LogP) is 1.26. The maximum absolute atomic E-state index is 9.94. The van der Waals surface area contributed by atoms with Gasteiger partial charge in [0.25, 0.3) is 0 Å². The molecule has 0 bridgehead atoms. The van der Waals surface area contributed by atoms with Gasteiger partial charge in [0.2, 0.25) is 0 Å². The molecule has 0 aliphatic rings. The topological polar surface area (TPSA) is 40.1 Å². The van der Waals surface area contributed by atoms with E-state index in [1.165, 1.54) is 12.8 Å². The number of allylic oxidation sites excluding steroid dienone is 2. The van der Waals surface area contributed by atoms with Gasteiger partial charge in [-0.15, -0.1) is 0 Å². The first-order valence-electron chi connectivity index (χ1n) is 4.12. The Morgan fingerprint density at radius 1 is 1.36 bits per heavy atom. The molecule has 2 heteroatoms. The Morgan fingerprint density at radius 3 is 2.55 bits per heavy atom.